The van der Waals surface area contributed by atoms with Crippen LogP contribution < -0.4 is 14.2 Å². The van der Waals surface area contributed by atoms with Crippen molar-refractivity contribution in [1.82, 2.24) is 30.0 Å². The second-order valence-corrected chi connectivity index (χ2v) is 16.8. The molecule has 0 bridgehead atoms. The van der Waals surface area contributed by atoms with Crippen molar-refractivity contribution < 1.29 is 23.7 Å². The van der Waals surface area contributed by atoms with Crippen LogP contribution in [0.4, 0.5) is 0 Å². The summed E-state index contributed by atoms with van der Waals surface area (Å²) in [7, 11) is 1.36. The zero-order chi connectivity index (χ0) is 42.7. The molecule has 6 rings (SSSR count). The summed E-state index contributed by atoms with van der Waals surface area (Å²) in [6.07, 6.45) is 10.3. The van der Waals surface area contributed by atoms with Gasteiger partial charge >= 0.3 is 5.97 Å². The fraction of sp³-hybridized carbons (Fsp3) is 0.367. The maximum absolute atomic E-state index is 12.2. The van der Waals surface area contributed by atoms with E-state index in [1.54, 1.807) is 22.9 Å². The number of rotatable bonds is 18. The van der Waals surface area contributed by atoms with Crippen molar-refractivity contribution in [3.8, 4) is 28.6 Å². The molecule has 0 aliphatic carbocycles. The minimum atomic E-state index is -0.431. The first-order valence-corrected chi connectivity index (χ1v) is 20.6. The monoisotopic (exact) mass is 808 g/mol. The number of carbonyl (C=O) groups excluding carboxylic acids is 1. The summed E-state index contributed by atoms with van der Waals surface area (Å²) in [5.41, 5.74) is 7.57. The predicted molar refractivity (Wildman–Crippen MR) is 234 cm³/mol. The third-order valence-electron chi connectivity index (χ3n) is 9.91. The highest BCUT2D eigenvalue weighted by Gasteiger charge is 2.22. The van der Waals surface area contributed by atoms with Crippen LogP contribution in [0.5, 0.6) is 17.2 Å². The van der Waals surface area contributed by atoms with Gasteiger partial charge in [0.15, 0.2) is 5.75 Å². The highest BCUT2D eigenvalue weighted by atomic mass is 16.5. The molecule has 0 aliphatic rings. The molecule has 6 aromatic rings. The van der Waals surface area contributed by atoms with Crippen molar-refractivity contribution in [2.24, 2.45) is 0 Å². The van der Waals surface area contributed by atoms with Gasteiger partial charge in [0.25, 0.3) is 0 Å². The number of unbranched alkanes of at least 4 members (excludes halogenated alkanes) is 3. The summed E-state index contributed by atoms with van der Waals surface area (Å²) in [5.74, 6) is 1.29. The third-order valence-corrected chi connectivity index (χ3v) is 9.91. The zero-order valence-corrected chi connectivity index (χ0v) is 36.1. The van der Waals surface area contributed by atoms with Crippen LogP contribution in [0, 0.1) is 12.1 Å². The summed E-state index contributed by atoms with van der Waals surface area (Å²) in [4.78, 5) is 12.2. The van der Waals surface area contributed by atoms with E-state index in [1.165, 1.54) is 18.2 Å². The van der Waals surface area contributed by atoms with Gasteiger partial charge in [-0.05, 0) is 89.6 Å². The molecular weight excluding hydrogens is 753 g/mol. The maximum Gasteiger partial charge on any atom is 0.338 e. The molecule has 0 aliphatic heterocycles. The van der Waals surface area contributed by atoms with Gasteiger partial charge in [-0.2, -0.15) is 0 Å². The van der Waals surface area contributed by atoms with E-state index in [1.807, 2.05) is 59.5 Å². The van der Waals surface area contributed by atoms with Crippen LogP contribution in [0.15, 0.2) is 91.3 Å². The number of hydrogen-bond acceptors (Lipinski definition) is 9. The van der Waals surface area contributed by atoms with Crippen LogP contribution in [0.2, 0.25) is 0 Å². The molecule has 0 unspecified atom stereocenters. The molecule has 60 heavy (non-hydrogen) atoms. The Morgan fingerprint density at radius 2 is 1.28 bits per heavy atom. The molecular formula is C49H56N6O5. The van der Waals surface area contributed by atoms with Gasteiger partial charge in [0, 0.05) is 23.8 Å². The van der Waals surface area contributed by atoms with Gasteiger partial charge in [0.1, 0.15) is 22.9 Å². The van der Waals surface area contributed by atoms with Crippen LogP contribution in [-0.2, 0) is 15.6 Å². The number of ether oxygens (including phenoxy) is 4. The van der Waals surface area contributed by atoms with E-state index in [0.717, 1.165) is 54.6 Å². The number of nitrogens with zero attached hydrogens (tertiary/aromatic N) is 6. The van der Waals surface area contributed by atoms with Crippen molar-refractivity contribution in [3.63, 3.8) is 0 Å². The molecule has 0 atom stereocenters. The lowest BCUT2D eigenvalue weighted by atomic mass is 9.80. The molecule has 0 fully saturated rings. The highest BCUT2D eigenvalue weighted by molar-refractivity contribution is 5.90. The number of benzene rings is 3. The Hall–Kier alpha value is -6.41. The van der Waals surface area contributed by atoms with Crippen molar-refractivity contribution >= 4 is 17.6 Å². The molecule has 0 amide bonds. The quantitative estimate of drug-likeness (QED) is 0.0618. The van der Waals surface area contributed by atoms with Crippen LogP contribution in [-0.4, -0.2) is 62.9 Å². The third kappa shape index (κ3) is 11.6. The number of esters is 1. The Labute approximate surface area is 354 Å². The molecule has 0 saturated heterocycles. The number of hydrogen-bond donors (Lipinski definition) is 0. The van der Waals surface area contributed by atoms with E-state index in [-0.39, 0.29) is 10.8 Å². The fourth-order valence-electron chi connectivity index (χ4n) is 6.30. The van der Waals surface area contributed by atoms with Crippen LogP contribution in [0.3, 0.4) is 0 Å². The predicted octanol–water partition coefficient (Wildman–Crippen LogP) is 10.2. The first kappa shape index (κ1) is 43.2. The Kier molecular flexibility index (Phi) is 14.1. The molecule has 11 heteroatoms. The average molecular weight is 809 g/mol. The van der Waals surface area contributed by atoms with Crippen molar-refractivity contribution in [3.05, 3.63) is 137 Å². The Balaban J connectivity index is 1.11. The Bertz CT molecular complexity index is 2340. The van der Waals surface area contributed by atoms with E-state index in [0.29, 0.717) is 54.0 Å². The smallest absolute Gasteiger partial charge is 0.338 e. The van der Waals surface area contributed by atoms with Crippen LogP contribution in [0.1, 0.15) is 119 Å². The minimum absolute atomic E-state index is 0.0398. The molecule has 2 aromatic heterocycles. The largest absolute Gasteiger partial charge is 0.493 e. The lowest BCUT2D eigenvalue weighted by Crippen LogP contribution is -2.17. The van der Waals surface area contributed by atoms with E-state index in [2.05, 4.69) is 105 Å². The van der Waals surface area contributed by atoms with E-state index >= 15 is 0 Å². The normalized spacial score (nSPS) is 11.9. The van der Waals surface area contributed by atoms with E-state index in [9.17, 15) is 4.79 Å². The van der Waals surface area contributed by atoms with Gasteiger partial charge < -0.3 is 18.9 Å². The Morgan fingerprint density at radius 3 is 1.87 bits per heavy atom. The van der Waals surface area contributed by atoms with Gasteiger partial charge in [-0.25, -0.2) is 14.2 Å². The van der Waals surface area contributed by atoms with Crippen molar-refractivity contribution in [2.75, 3.05) is 26.9 Å². The summed E-state index contributed by atoms with van der Waals surface area (Å²) in [6.45, 7) is 17.0. The molecule has 0 radical (unpaired) electrons. The van der Waals surface area contributed by atoms with Gasteiger partial charge in [-0.3, -0.25) is 0 Å². The standard InChI is InChI=1S/C49H56N6O5/c1-9-10-22-59-42-26-36(47(56)57-8)27-43(32-42)60-24-16-12-15-23-58-41-21-17-20-39(31-41)54-33-45(50-52-54)44(25-35-18-13-11-14-19-35)46-34-55(53-51-46)40-29-37(48(2,3)4)28-38(30-40)49(5,6)7/h11,13-14,18-20,25-34H,9-10,12,15-16,22-24H2,1-8H3/b44-25-. The van der Waals surface area contributed by atoms with E-state index < -0.39 is 5.97 Å². The zero-order valence-electron chi connectivity index (χ0n) is 36.1. The lowest BCUT2D eigenvalue weighted by molar-refractivity contribution is 0.0599. The number of methoxy groups -OCH3 is 1. The molecule has 4 aromatic carbocycles. The summed E-state index contributed by atoms with van der Waals surface area (Å²) < 4.78 is 26.3. The second-order valence-electron chi connectivity index (χ2n) is 16.8. The first-order valence-electron chi connectivity index (χ1n) is 20.6. The van der Waals surface area contributed by atoms with Crippen LogP contribution >= 0.6 is 0 Å². The van der Waals surface area contributed by atoms with Crippen molar-refractivity contribution in [2.45, 2.75) is 91.4 Å². The number of carbonyl (C=O) groups is 1. The molecule has 2 heterocycles. The fourth-order valence-corrected chi connectivity index (χ4v) is 6.30. The molecule has 0 N–H and O–H groups in total. The van der Waals surface area contributed by atoms with Gasteiger partial charge in [-0.15, -0.1) is 10.2 Å². The van der Waals surface area contributed by atoms with Crippen molar-refractivity contribution in [1.29, 1.82) is 0 Å². The average Bonchev–Trinajstić information content (AvgIpc) is 3.94. The SMILES string of the molecule is CCCCOc1cc(OCCCCCOc2c#ccc(-n3cc(/C(=C/c4ccccc4)c4cn(-c5cc(C(C)(C)C)cc(C(C)(C)C)c5)nn4)nn3)c2)cc(C(=O)OC)c1. The van der Waals surface area contributed by atoms with Crippen LogP contribution in [0.25, 0.3) is 23.0 Å². The molecule has 0 saturated carbocycles. The summed E-state index contributed by atoms with van der Waals surface area (Å²) >= 11 is 0. The minimum Gasteiger partial charge on any atom is -0.493 e. The van der Waals surface area contributed by atoms with Gasteiger partial charge in [-0.1, -0.05) is 108 Å². The van der Waals surface area contributed by atoms with Gasteiger partial charge in [0.05, 0.1) is 56.3 Å². The summed E-state index contributed by atoms with van der Waals surface area (Å²) in [5, 5.41) is 18.4. The molecule has 312 valence electrons. The lowest BCUT2D eigenvalue weighted by Gasteiger charge is -2.26. The second kappa shape index (κ2) is 19.6. The summed E-state index contributed by atoms with van der Waals surface area (Å²) in [6, 6.07) is 31.7. The molecule has 11 nitrogen and oxygen atoms in total. The highest BCUT2D eigenvalue weighted by Crippen LogP contribution is 2.32. The van der Waals surface area contributed by atoms with Gasteiger partial charge in [0.2, 0.25) is 0 Å². The number of aromatic nitrogens is 6. The first-order chi connectivity index (χ1) is 28.8. The Morgan fingerprint density at radius 1 is 0.700 bits per heavy atom. The topological polar surface area (TPSA) is 115 Å². The molecule has 0 spiro atoms. The van der Waals surface area contributed by atoms with E-state index in [4.69, 9.17) is 18.9 Å². The maximum atomic E-state index is 12.2.